The molecule has 2 aliphatic rings. The molecule has 0 spiro atoms. The van der Waals surface area contributed by atoms with Gasteiger partial charge in [-0.15, -0.1) is 4.80 Å². The lowest BCUT2D eigenvalue weighted by molar-refractivity contribution is 0.144. The molecule has 2 amide bonds. The molecule has 0 aliphatic carbocycles. The maximum absolute atomic E-state index is 13.1. The van der Waals surface area contributed by atoms with Gasteiger partial charge in [-0.25, -0.2) is 9.79 Å². The molecule has 4 rings (SSSR count). The third kappa shape index (κ3) is 3.99. The van der Waals surface area contributed by atoms with Crippen molar-refractivity contribution in [1.82, 2.24) is 25.3 Å². The highest BCUT2D eigenvalue weighted by Gasteiger charge is 2.34. The van der Waals surface area contributed by atoms with Gasteiger partial charge in [0.15, 0.2) is 11.6 Å². The molecule has 4 heterocycles. The first-order valence-corrected chi connectivity index (χ1v) is 10.3. The number of aliphatic imine (C=N–C) groups is 1. The monoisotopic (exact) mass is 479 g/mol. The van der Waals surface area contributed by atoms with Gasteiger partial charge in [-0.2, -0.15) is 10.2 Å². The second-order valence-corrected chi connectivity index (χ2v) is 8.38. The minimum Gasteiger partial charge on any atom is -0.485 e. The standard InChI is InChI=1S/C18H19BrClN7O2/c1-10(2)15-9-26(14-8-21-7-12(19)16(14)29-15)18(28)25-11-5-13(20)17(22-6-11)27-23-3-4-24-27/h3-4,6-8,10-11,15H,5,9H2,1-2H3,(H,25,28)/t11?,15-/m0/s1. The molecule has 2 aliphatic heterocycles. The molecule has 0 radical (unpaired) electrons. The van der Waals surface area contributed by atoms with Gasteiger partial charge in [0, 0.05) is 18.8 Å². The summed E-state index contributed by atoms with van der Waals surface area (Å²) in [6.45, 7) is 4.54. The summed E-state index contributed by atoms with van der Waals surface area (Å²) in [6, 6.07) is -0.611. The SMILES string of the molecule is CC(C)[C@@H]1CN(C(=O)NC2C=NC(n3nccn3)=C(Cl)C2)c2cncc(Br)c2O1. The van der Waals surface area contributed by atoms with Crippen LogP contribution in [0, 0.1) is 5.92 Å². The molecular formula is C18H19BrClN7O2. The molecular weight excluding hydrogens is 462 g/mol. The van der Waals surface area contributed by atoms with Crippen molar-refractivity contribution in [1.29, 1.82) is 0 Å². The number of anilines is 1. The second kappa shape index (κ2) is 8.11. The highest BCUT2D eigenvalue weighted by Crippen LogP contribution is 2.39. The van der Waals surface area contributed by atoms with Gasteiger partial charge in [0.25, 0.3) is 0 Å². The van der Waals surface area contributed by atoms with Gasteiger partial charge in [0.05, 0.1) is 40.7 Å². The summed E-state index contributed by atoms with van der Waals surface area (Å²) in [5.74, 6) is 1.30. The number of aromatic nitrogens is 4. The van der Waals surface area contributed by atoms with Crippen LogP contribution in [-0.4, -0.2) is 50.9 Å². The molecule has 0 aromatic carbocycles. The van der Waals surface area contributed by atoms with E-state index in [9.17, 15) is 4.79 Å². The summed E-state index contributed by atoms with van der Waals surface area (Å²) < 4.78 is 6.79. The Balaban J connectivity index is 1.52. The summed E-state index contributed by atoms with van der Waals surface area (Å²) in [5.41, 5.74) is 0.615. The molecule has 1 unspecified atom stereocenters. The van der Waals surface area contributed by atoms with Crippen LogP contribution in [0.2, 0.25) is 0 Å². The lowest BCUT2D eigenvalue weighted by Crippen LogP contribution is -2.52. The van der Waals surface area contributed by atoms with Crippen LogP contribution in [0.15, 0.2) is 39.3 Å². The number of nitrogens with zero attached hydrogens (tertiary/aromatic N) is 6. The Morgan fingerprint density at radius 3 is 2.79 bits per heavy atom. The van der Waals surface area contributed by atoms with Crippen molar-refractivity contribution in [2.75, 3.05) is 11.4 Å². The van der Waals surface area contributed by atoms with E-state index in [0.29, 0.717) is 39.7 Å². The van der Waals surface area contributed by atoms with E-state index in [1.54, 1.807) is 35.9 Å². The van der Waals surface area contributed by atoms with Crippen LogP contribution >= 0.6 is 27.5 Å². The third-order valence-electron chi connectivity index (χ3n) is 4.68. The Morgan fingerprint density at radius 1 is 1.34 bits per heavy atom. The average molecular weight is 481 g/mol. The highest BCUT2D eigenvalue weighted by atomic mass is 79.9. The number of carbonyl (C=O) groups excluding carboxylic acids is 1. The molecule has 0 fully saturated rings. The van der Waals surface area contributed by atoms with Crippen LogP contribution in [0.3, 0.4) is 0 Å². The quantitative estimate of drug-likeness (QED) is 0.727. The topological polar surface area (TPSA) is 97.5 Å². The van der Waals surface area contributed by atoms with E-state index in [2.05, 4.69) is 55.3 Å². The number of nitrogens with one attached hydrogen (secondary N) is 1. The Morgan fingerprint density at radius 2 is 2.10 bits per heavy atom. The van der Waals surface area contributed by atoms with Crippen molar-refractivity contribution in [2.24, 2.45) is 10.9 Å². The predicted molar refractivity (Wildman–Crippen MR) is 113 cm³/mol. The number of amides is 2. The van der Waals surface area contributed by atoms with Crippen molar-refractivity contribution >= 4 is 51.3 Å². The summed E-state index contributed by atoms with van der Waals surface area (Å²) in [5, 5.41) is 11.5. The lowest BCUT2D eigenvalue weighted by Gasteiger charge is -2.37. The van der Waals surface area contributed by atoms with Crippen molar-refractivity contribution in [3.05, 3.63) is 34.3 Å². The smallest absolute Gasteiger partial charge is 0.322 e. The number of hydrogen-bond acceptors (Lipinski definition) is 6. The molecule has 29 heavy (non-hydrogen) atoms. The Hall–Kier alpha value is -2.46. The summed E-state index contributed by atoms with van der Waals surface area (Å²) >= 11 is 9.83. The molecule has 2 atom stereocenters. The van der Waals surface area contributed by atoms with Crippen LogP contribution in [0.4, 0.5) is 10.5 Å². The van der Waals surface area contributed by atoms with Crippen LogP contribution in [0.25, 0.3) is 5.82 Å². The minimum atomic E-state index is -0.349. The number of fused-ring (bicyclic) bond motifs is 1. The molecule has 0 saturated carbocycles. The highest BCUT2D eigenvalue weighted by molar-refractivity contribution is 9.10. The Labute approximate surface area is 180 Å². The van der Waals surface area contributed by atoms with Crippen molar-refractivity contribution in [3.63, 3.8) is 0 Å². The molecule has 11 heteroatoms. The predicted octanol–water partition coefficient (Wildman–Crippen LogP) is 3.28. The van der Waals surface area contributed by atoms with Gasteiger partial charge in [0.1, 0.15) is 11.8 Å². The fourth-order valence-corrected chi connectivity index (χ4v) is 3.81. The molecule has 0 bridgehead atoms. The van der Waals surface area contributed by atoms with Gasteiger partial charge >= 0.3 is 6.03 Å². The zero-order valence-corrected chi connectivity index (χ0v) is 18.1. The van der Waals surface area contributed by atoms with E-state index < -0.39 is 0 Å². The summed E-state index contributed by atoms with van der Waals surface area (Å²) in [4.78, 5) is 24.6. The minimum absolute atomic E-state index is 0.132. The largest absolute Gasteiger partial charge is 0.485 e. The van der Waals surface area contributed by atoms with E-state index in [0.717, 1.165) is 0 Å². The van der Waals surface area contributed by atoms with E-state index >= 15 is 0 Å². The van der Waals surface area contributed by atoms with Crippen LogP contribution in [0.1, 0.15) is 20.3 Å². The average Bonchev–Trinajstić information content (AvgIpc) is 3.22. The van der Waals surface area contributed by atoms with Gasteiger partial charge in [-0.05, 0) is 21.8 Å². The number of urea groups is 1. The van der Waals surface area contributed by atoms with E-state index in [-0.39, 0.29) is 24.1 Å². The van der Waals surface area contributed by atoms with E-state index in [4.69, 9.17) is 16.3 Å². The first-order chi connectivity index (χ1) is 13.9. The first kappa shape index (κ1) is 19.8. The molecule has 0 saturated heterocycles. The normalized spacial score (nSPS) is 21.2. The summed E-state index contributed by atoms with van der Waals surface area (Å²) in [7, 11) is 0. The fourth-order valence-electron chi connectivity index (χ4n) is 3.11. The van der Waals surface area contributed by atoms with Gasteiger partial charge in [-0.1, -0.05) is 25.4 Å². The number of halogens is 2. The number of pyridine rings is 1. The maximum atomic E-state index is 13.1. The number of ether oxygens (including phenoxy) is 1. The van der Waals surface area contributed by atoms with Crippen molar-refractivity contribution in [3.8, 4) is 5.75 Å². The molecule has 2 aromatic rings. The lowest BCUT2D eigenvalue weighted by atomic mass is 10.0. The maximum Gasteiger partial charge on any atom is 0.322 e. The zero-order valence-electron chi connectivity index (χ0n) is 15.8. The Bertz CT molecular complexity index is 977. The molecule has 152 valence electrons. The van der Waals surface area contributed by atoms with Gasteiger partial charge in [0.2, 0.25) is 0 Å². The second-order valence-electron chi connectivity index (χ2n) is 7.07. The van der Waals surface area contributed by atoms with Crippen molar-refractivity contribution in [2.45, 2.75) is 32.4 Å². The van der Waals surface area contributed by atoms with Crippen LogP contribution in [0.5, 0.6) is 5.75 Å². The molecule has 1 N–H and O–H groups in total. The van der Waals surface area contributed by atoms with Crippen LogP contribution in [-0.2, 0) is 0 Å². The number of hydrogen-bond donors (Lipinski definition) is 1. The third-order valence-corrected chi connectivity index (χ3v) is 5.57. The molecule has 2 aromatic heterocycles. The zero-order chi connectivity index (χ0) is 20.5. The van der Waals surface area contributed by atoms with Gasteiger partial charge < -0.3 is 10.1 Å². The number of rotatable bonds is 3. The summed E-state index contributed by atoms with van der Waals surface area (Å²) in [6.07, 6.45) is 8.29. The fraction of sp³-hybridized carbons (Fsp3) is 0.389. The van der Waals surface area contributed by atoms with E-state index in [1.807, 2.05) is 0 Å². The first-order valence-electron chi connectivity index (χ1n) is 9.11. The van der Waals surface area contributed by atoms with E-state index in [1.165, 1.54) is 4.80 Å². The van der Waals surface area contributed by atoms with Crippen LogP contribution < -0.4 is 15.0 Å². The van der Waals surface area contributed by atoms with Crippen molar-refractivity contribution < 1.29 is 9.53 Å². The molecule has 9 nitrogen and oxygen atoms in total. The van der Waals surface area contributed by atoms with Gasteiger partial charge in [-0.3, -0.25) is 9.88 Å². The number of carbonyl (C=O) groups is 1. The Kier molecular flexibility index (Phi) is 5.55.